The Bertz CT molecular complexity index is 1640. The van der Waals surface area contributed by atoms with E-state index in [1.807, 2.05) is 24.3 Å². The molecule has 0 aliphatic heterocycles. The second-order valence-electron chi connectivity index (χ2n) is 9.30. The lowest BCUT2D eigenvalue weighted by atomic mass is 10.1. The van der Waals surface area contributed by atoms with Crippen LogP contribution in [-0.4, -0.2) is 39.8 Å². The molecule has 5 rings (SSSR count). The number of hydrogen-bond donors (Lipinski definition) is 3. The summed E-state index contributed by atoms with van der Waals surface area (Å²) in [6.07, 6.45) is -5.05. The van der Waals surface area contributed by atoms with Gasteiger partial charge in [-0.3, -0.25) is 9.36 Å². The highest BCUT2D eigenvalue weighted by Crippen LogP contribution is 2.57. The zero-order chi connectivity index (χ0) is 28.8. The predicted molar refractivity (Wildman–Crippen MR) is 147 cm³/mol. The highest BCUT2D eigenvalue weighted by molar-refractivity contribution is 9.10. The maximum Gasteiger partial charge on any atom is 0.403 e. The number of amides is 1. The molecule has 0 saturated heterocycles. The molecule has 1 heterocycles. The van der Waals surface area contributed by atoms with Crippen LogP contribution in [-0.2, 0) is 11.3 Å². The molecule has 0 radical (unpaired) electrons. The van der Waals surface area contributed by atoms with Gasteiger partial charge in [0.25, 0.3) is 0 Å². The number of carboxylic acids is 1. The number of carboxylic acid groups (broad SMARTS) is 1. The van der Waals surface area contributed by atoms with Crippen LogP contribution in [0.3, 0.4) is 0 Å². The van der Waals surface area contributed by atoms with Crippen LogP contribution in [0, 0.1) is 5.41 Å². The molecule has 1 saturated carbocycles. The van der Waals surface area contributed by atoms with Crippen LogP contribution in [0.2, 0.25) is 5.02 Å². The van der Waals surface area contributed by atoms with Gasteiger partial charge in [0.15, 0.2) is 0 Å². The van der Waals surface area contributed by atoms with Crippen LogP contribution >= 0.6 is 27.5 Å². The van der Waals surface area contributed by atoms with Gasteiger partial charge in [-0.25, -0.2) is 9.78 Å². The molecule has 1 aliphatic rings. The third-order valence-corrected chi connectivity index (χ3v) is 7.61. The lowest BCUT2D eigenvalue weighted by Gasteiger charge is -2.19. The van der Waals surface area contributed by atoms with Gasteiger partial charge in [-0.2, -0.15) is 13.2 Å². The summed E-state index contributed by atoms with van der Waals surface area (Å²) < 4.78 is 47.8. The van der Waals surface area contributed by atoms with Crippen molar-refractivity contribution in [3.8, 4) is 11.4 Å². The molecule has 8 nitrogen and oxygen atoms in total. The Balaban J connectivity index is 1.51. The van der Waals surface area contributed by atoms with Crippen LogP contribution in [0.15, 0.2) is 59.1 Å². The summed E-state index contributed by atoms with van der Waals surface area (Å²) in [6, 6.07) is 15.0. The number of aromatic nitrogens is 2. The number of hydrogen-bond acceptors (Lipinski definition) is 5. The number of fused-ring (bicyclic) bond motifs is 1. The zero-order valence-electron chi connectivity index (χ0n) is 20.8. The molecule has 1 aromatic heterocycles. The van der Waals surface area contributed by atoms with Crippen LogP contribution in [0.25, 0.3) is 16.7 Å². The van der Waals surface area contributed by atoms with E-state index in [4.69, 9.17) is 16.3 Å². The van der Waals surface area contributed by atoms with E-state index in [1.54, 1.807) is 28.8 Å². The average molecular weight is 638 g/mol. The number of nitrogens with zero attached hydrogens (tertiary/aromatic N) is 2. The van der Waals surface area contributed by atoms with Gasteiger partial charge in [0, 0.05) is 22.8 Å². The number of anilines is 2. The molecule has 3 aromatic carbocycles. The van der Waals surface area contributed by atoms with Crippen molar-refractivity contribution in [3.63, 3.8) is 0 Å². The van der Waals surface area contributed by atoms with Gasteiger partial charge >= 0.3 is 12.1 Å². The first-order valence-electron chi connectivity index (χ1n) is 11.9. The maximum atomic E-state index is 13.3. The van der Waals surface area contributed by atoms with Crippen molar-refractivity contribution in [2.75, 3.05) is 12.4 Å². The van der Waals surface area contributed by atoms with E-state index < -0.39 is 23.5 Å². The molecule has 1 fully saturated rings. The molecule has 0 atom stereocenters. The van der Waals surface area contributed by atoms with Crippen molar-refractivity contribution in [2.24, 2.45) is 5.41 Å². The molecule has 40 heavy (non-hydrogen) atoms. The molecule has 1 amide bonds. The van der Waals surface area contributed by atoms with Crippen LogP contribution in [0.5, 0.6) is 5.75 Å². The fourth-order valence-electron chi connectivity index (χ4n) is 4.39. The first-order chi connectivity index (χ1) is 18.9. The molecule has 0 unspecified atom stereocenters. The number of ether oxygens (including phenoxy) is 1. The van der Waals surface area contributed by atoms with Crippen molar-refractivity contribution in [3.05, 3.63) is 75.2 Å². The lowest BCUT2D eigenvalue weighted by molar-refractivity contribution is -0.192. The fraction of sp³-hybridized carbons (Fsp3) is 0.222. The minimum atomic E-state index is -4.60. The SMILES string of the molecule is COc1cc2c(cc1C(=O)O)nc(Nc1cc(CNC(=O)C3(C(F)(F)F)CC3)ccc1Cl)n2-c1ccc(Br)cc1. The van der Waals surface area contributed by atoms with E-state index in [-0.39, 0.29) is 30.7 Å². The highest BCUT2D eigenvalue weighted by Gasteiger charge is 2.68. The first-order valence-corrected chi connectivity index (χ1v) is 13.1. The monoisotopic (exact) mass is 636 g/mol. The molecular formula is C27H21BrClF3N4O4. The van der Waals surface area contributed by atoms with Crippen molar-refractivity contribution in [1.82, 2.24) is 14.9 Å². The molecular weight excluding hydrogens is 617 g/mol. The zero-order valence-corrected chi connectivity index (χ0v) is 23.1. The summed E-state index contributed by atoms with van der Waals surface area (Å²) in [6.45, 7) is -0.134. The smallest absolute Gasteiger partial charge is 0.403 e. The van der Waals surface area contributed by atoms with E-state index in [1.165, 1.54) is 13.2 Å². The van der Waals surface area contributed by atoms with Gasteiger partial charge < -0.3 is 20.5 Å². The highest BCUT2D eigenvalue weighted by atomic mass is 79.9. The van der Waals surface area contributed by atoms with E-state index in [0.717, 1.165) is 4.47 Å². The molecule has 208 valence electrons. The summed E-state index contributed by atoms with van der Waals surface area (Å²) in [5.74, 6) is -1.79. The van der Waals surface area contributed by atoms with Gasteiger partial charge in [0.05, 0.1) is 28.9 Å². The van der Waals surface area contributed by atoms with Crippen LogP contribution in [0.1, 0.15) is 28.8 Å². The maximum absolute atomic E-state index is 13.3. The summed E-state index contributed by atoms with van der Waals surface area (Å²) in [4.78, 5) is 28.7. The van der Waals surface area contributed by atoms with E-state index in [0.29, 0.717) is 38.9 Å². The minimum Gasteiger partial charge on any atom is -0.496 e. The van der Waals surface area contributed by atoms with Crippen molar-refractivity contribution in [2.45, 2.75) is 25.6 Å². The molecule has 13 heteroatoms. The third kappa shape index (κ3) is 5.08. The van der Waals surface area contributed by atoms with Gasteiger partial charge in [0.1, 0.15) is 16.7 Å². The second-order valence-corrected chi connectivity index (χ2v) is 10.6. The summed E-state index contributed by atoms with van der Waals surface area (Å²) in [5, 5.41) is 15.5. The number of benzene rings is 3. The Morgan fingerprint density at radius 3 is 2.45 bits per heavy atom. The summed E-state index contributed by atoms with van der Waals surface area (Å²) in [7, 11) is 1.37. The van der Waals surface area contributed by atoms with Gasteiger partial charge in [-0.1, -0.05) is 33.6 Å². The summed E-state index contributed by atoms with van der Waals surface area (Å²) in [5.41, 5.74) is 0.123. The third-order valence-electron chi connectivity index (χ3n) is 6.75. The first kappa shape index (κ1) is 27.8. The normalized spacial score (nSPS) is 14.2. The molecule has 0 bridgehead atoms. The Hall–Kier alpha value is -3.77. The van der Waals surface area contributed by atoms with Crippen LogP contribution in [0.4, 0.5) is 24.8 Å². The number of carbonyl (C=O) groups is 2. The Morgan fingerprint density at radius 1 is 1.15 bits per heavy atom. The molecule has 1 aliphatic carbocycles. The van der Waals surface area contributed by atoms with Gasteiger partial charge in [-0.05, 0) is 60.9 Å². The van der Waals surface area contributed by atoms with Crippen molar-refractivity contribution in [1.29, 1.82) is 0 Å². The minimum absolute atomic E-state index is 0.0648. The number of halogens is 5. The number of methoxy groups -OCH3 is 1. The van der Waals surface area contributed by atoms with E-state index in [2.05, 4.69) is 31.5 Å². The number of rotatable bonds is 8. The Morgan fingerprint density at radius 2 is 1.85 bits per heavy atom. The Labute approximate surface area is 239 Å². The molecule has 3 N–H and O–H groups in total. The molecule has 0 spiro atoms. The van der Waals surface area contributed by atoms with Gasteiger partial charge in [-0.15, -0.1) is 0 Å². The quantitative estimate of drug-likeness (QED) is 0.195. The fourth-order valence-corrected chi connectivity index (χ4v) is 4.82. The largest absolute Gasteiger partial charge is 0.496 e. The number of aromatic carboxylic acids is 1. The number of carbonyl (C=O) groups excluding carboxylic acids is 1. The lowest BCUT2D eigenvalue weighted by Crippen LogP contribution is -2.40. The predicted octanol–water partition coefficient (Wildman–Crippen LogP) is 6.85. The van der Waals surface area contributed by atoms with Crippen molar-refractivity contribution < 1.29 is 32.6 Å². The summed E-state index contributed by atoms with van der Waals surface area (Å²) >= 11 is 9.86. The van der Waals surface area contributed by atoms with Gasteiger partial charge in [0.2, 0.25) is 11.9 Å². The average Bonchev–Trinajstić information content (AvgIpc) is 3.66. The van der Waals surface area contributed by atoms with Crippen LogP contribution < -0.4 is 15.4 Å². The number of imidazole rings is 1. The number of alkyl halides is 3. The van der Waals surface area contributed by atoms with E-state index in [9.17, 15) is 27.9 Å². The second kappa shape index (κ2) is 10.3. The van der Waals surface area contributed by atoms with Crippen molar-refractivity contribution >= 4 is 62.1 Å². The molecule has 4 aromatic rings. The number of nitrogens with one attached hydrogen (secondary N) is 2. The van der Waals surface area contributed by atoms with E-state index >= 15 is 0 Å². The topological polar surface area (TPSA) is 105 Å². The Kier molecular flexibility index (Phi) is 7.17. The standard InChI is InChI=1S/C27H21BrClF3N4O4/c1-40-22-12-21-20(11-17(22)23(37)38)35-25(36(21)16-5-3-15(28)4-6-16)34-19-10-14(2-7-18(19)29)13-33-24(39)26(8-9-26)27(30,31)32/h2-7,10-12H,8-9,13H2,1H3,(H,33,39)(H,34,35)(H,37,38).